The molecule has 0 saturated heterocycles. The summed E-state index contributed by atoms with van der Waals surface area (Å²) in [5, 5.41) is 0. The fourth-order valence-corrected chi connectivity index (χ4v) is 2.01. The Bertz CT molecular complexity index is 235. The molecule has 0 bridgehead atoms. The van der Waals surface area contributed by atoms with Gasteiger partial charge in [-0.3, -0.25) is 9.59 Å². The Balaban J connectivity index is 2.63. The zero-order valence-electron chi connectivity index (χ0n) is 9.08. The van der Waals surface area contributed by atoms with Gasteiger partial charge >= 0.3 is 5.97 Å². The number of carbonyl (C=O) groups excluding carboxylic acids is 2. The van der Waals surface area contributed by atoms with Gasteiger partial charge in [0.25, 0.3) is 0 Å². The largest absolute Gasteiger partial charge is 0.466 e. The summed E-state index contributed by atoms with van der Waals surface area (Å²) in [7, 11) is 0. The molecule has 0 N–H and O–H groups in total. The lowest BCUT2D eigenvalue weighted by Crippen LogP contribution is -2.36. The van der Waals surface area contributed by atoms with Crippen molar-refractivity contribution < 1.29 is 14.3 Å². The molecule has 3 atom stereocenters. The smallest absolute Gasteiger partial charge is 0.309 e. The molecule has 0 aromatic carbocycles. The van der Waals surface area contributed by atoms with E-state index in [-0.39, 0.29) is 29.5 Å². The number of esters is 1. The minimum Gasteiger partial charge on any atom is -0.466 e. The number of carbonyl (C=O) groups is 2. The molecule has 14 heavy (non-hydrogen) atoms. The summed E-state index contributed by atoms with van der Waals surface area (Å²) >= 11 is 0. The maximum atomic E-state index is 11.5. The third-order valence-corrected chi connectivity index (χ3v) is 3.22. The van der Waals surface area contributed by atoms with Crippen LogP contribution in [0.15, 0.2) is 0 Å². The summed E-state index contributed by atoms with van der Waals surface area (Å²) < 4.78 is 4.99. The van der Waals surface area contributed by atoms with E-state index in [0.717, 1.165) is 0 Å². The molecule has 0 radical (unpaired) electrons. The van der Waals surface area contributed by atoms with Crippen molar-refractivity contribution in [3.63, 3.8) is 0 Å². The van der Waals surface area contributed by atoms with E-state index >= 15 is 0 Å². The monoisotopic (exact) mass is 198 g/mol. The van der Waals surface area contributed by atoms with Crippen LogP contribution in [0.4, 0.5) is 0 Å². The van der Waals surface area contributed by atoms with E-state index in [1.165, 1.54) is 0 Å². The highest BCUT2D eigenvalue weighted by atomic mass is 16.5. The van der Waals surface area contributed by atoms with Gasteiger partial charge in [0, 0.05) is 12.3 Å². The second-order valence-corrected chi connectivity index (χ2v) is 4.01. The zero-order valence-corrected chi connectivity index (χ0v) is 9.08. The molecule has 0 heterocycles. The van der Waals surface area contributed by atoms with Crippen LogP contribution >= 0.6 is 0 Å². The topological polar surface area (TPSA) is 43.4 Å². The fraction of sp³-hybridized carbons (Fsp3) is 0.818. The third-order valence-electron chi connectivity index (χ3n) is 3.22. The van der Waals surface area contributed by atoms with Crippen LogP contribution in [-0.4, -0.2) is 18.4 Å². The quantitative estimate of drug-likeness (QED) is 0.635. The Morgan fingerprint density at radius 2 is 2.14 bits per heavy atom. The van der Waals surface area contributed by atoms with Crippen molar-refractivity contribution in [1.29, 1.82) is 0 Å². The number of rotatable bonds is 2. The lowest BCUT2D eigenvalue weighted by Gasteiger charge is -2.31. The molecule has 80 valence electrons. The van der Waals surface area contributed by atoms with Crippen LogP contribution in [0.3, 0.4) is 0 Å². The molecule has 0 unspecified atom stereocenters. The van der Waals surface area contributed by atoms with Crippen molar-refractivity contribution in [2.75, 3.05) is 6.61 Å². The molecular formula is C11H18O3. The standard InChI is InChI=1S/C11H18O3/c1-4-14-11(13)9-5-6-10(12)8(3)7(9)2/h7-9H,4-6H2,1-3H3/t7-,8-,9-/m1/s1. The van der Waals surface area contributed by atoms with Gasteiger partial charge in [-0.2, -0.15) is 0 Å². The molecule has 1 fully saturated rings. The SMILES string of the molecule is CCOC(=O)[C@@H]1CCC(=O)[C@H](C)[C@H]1C. The highest BCUT2D eigenvalue weighted by Crippen LogP contribution is 2.32. The van der Waals surface area contributed by atoms with Gasteiger partial charge in [0.2, 0.25) is 0 Å². The average molecular weight is 198 g/mol. The molecule has 0 spiro atoms. The van der Waals surface area contributed by atoms with Gasteiger partial charge in [-0.05, 0) is 19.3 Å². The Labute approximate surface area is 84.8 Å². The molecule has 1 aliphatic rings. The average Bonchev–Trinajstić information content (AvgIpc) is 2.15. The van der Waals surface area contributed by atoms with Crippen LogP contribution in [0.1, 0.15) is 33.6 Å². The van der Waals surface area contributed by atoms with E-state index in [1.807, 2.05) is 13.8 Å². The maximum Gasteiger partial charge on any atom is 0.309 e. The summed E-state index contributed by atoms with van der Waals surface area (Å²) in [5.41, 5.74) is 0. The van der Waals surface area contributed by atoms with E-state index in [9.17, 15) is 9.59 Å². The van der Waals surface area contributed by atoms with E-state index in [0.29, 0.717) is 19.4 Å². The van der Waals surface area contributed by atoms with Crippen molar-refractivity contribution in [2.24, 2.45) is 17.8 Å². The molecule has 1 rings (SSSR count). The van der Waals surface area contributed by atoms with Crippen LogP contribution in [-0.2, 0) is 14.3 Å². The van der Waals surface area contributed by atoms with Gasteiger partial charge < -0.3 is 4.74 Å². The Morgan fingerprint density at radius 3 is 2.71 bits per heavy atom. The lowest BCUT2D eigenvalue weighted by atomic mass is 9.73. The van der Waals surface area contributed by atoms with Gasteiger partial charge in [0.15, 0.2) is 0 Å². The first-order chi connectivity index (χ1) is 6.57. The van der Waals surface area contributed by atoms with Crippen LogP contribution in [0.2, 0.25) is 0 Å². The molecule has 3 nitrogen and oxygen atoms in total. The molecule has 0 aromatic heterocycles. The van der Waals surface area contributed by atoms with Crippen LogP contribution in [0.25, 0.3) is 0 Å². The van der Waals surface area contributed by atoms with E-state index in [2.05, 4.69) is 0 Å². The van der Waals surface area contributed by atoms with Crippen molar-refractivity contribution in [3.05, 3.63) is 0 Å². The first kappa shape index (κ1) is 11.2. The molecule has 3 heteroatoms. The van der Waals surface area contributed by atoms with Gasteiger partial charge in [-0.15, -0.1) is 0 Å². The predicted molar refractivity (Wildman–Crippen MR) is 52.7 cm³/mol. The second kappa shape index (κ2) is 4.58. The number of hydrogen-bond acceptors (Lipinski definition) is 3. The van der Waals surface area contributed by atoms with E-state index in [1.54, 1.807) is 6.92 Å². The van der Waals surface area contributed by atoms with Gasteiger partial charge in [0.05, 0.1) is 12.5 Å². The van der Waals surface area contributed by atoms with Crippen LogP contribution in [0, 0.1) is 17.8 Å². The summed E-state index contributed by atoms with van der Waals surface area (Å²) in [4.78, 5) is 22.9. The summed E-state index contributed by atoms with van der Waals surface area (Å²) in [6.45, 7) is 6.09. The first-order valence-electron chi connectivity index (χ1n) is 5.27. The molecule has 0 aromatic rings. The minimum atomic E-state index is -0.139. The summed E-state index contributed by atoms with van der Waals surface area (Å²) in [6.07, 6.45) is 1.18. The Kier molecular flexibility index (Phi) is 3.67. The first-order valence-corrected chi connectivity index (χ1v) is 5.27. The Morgan fingerprint density at radius 1 is 1.50 bits per heavy atom. The van der Waals surface area contributed by atoms with E-state index < -0.39 is 0 Å². The third kappa shape index (κ3) is 2.14. The van der Waals surface area contributed by atoms with Crippen molar-refractivity contribution in [3.8, 4) is 0 Å². The second-order valence-electron chi connectivity index (χ2n) is 4.01. The lowest BCUT2D eigenvalue weighted by molar-refractivity contribution is -0.153. The van der Waals surface area contributed by atoms with Crippen LogP contribution in [0.5, 0.6) is 0 Å². The molecule has 1 saturated carbocycles. The molecule has 1 aliphatic carbocycles. The molecule has 0 aliphatic heterocycles. The number of Topliss-reactive ketones (excluding diaryl/α,β-unsaturated/α-hetero) is 1. The van der Waals surface area contributed by atoms with Gasteiger partial charge in [-0.25, -0.2) is 0 Å². The Hall–Kier alpha value is -0.860. The minimum absolute atomic E-state index is 0.00171. The predicted octanol–water partition coefficient (Wildman–Crippen LogP) is 1.80. The molecule has 0 amide bonds. The molecular weight excluding hydrogens is 180 g/mol. The van der Waals surface area contributed by atoms with Crippen molar-refractivity contribution >= 4 is 11.8 Å². The highest BCUT2D eigenvalue weighted by molar-refractivity contribution is 5.84. The van der Waals surface area contributed by atoms with Gasteiger partial charge in [-0.1, -0.05) is 13.8 Å². The normalized spacial score (nSPS) is 32.8. The maximum absolute atomic E-state index is 11.5. The number of ketones is 1. The number of hydrogen-bond donors (Lipinski definition) is 0. The van der Waals surface area contributed by atoms with Gasteiger partial charge in [0.1, 0.15) is 5.78 Å². The zero-order chi connectivity index (χ0) is 10.7. The van der Waals surface area contributed by atoms with Crippen molar-refractivity contribution in [2.45, 2.75) is 33.6 Å². The highest BCUT2D eigenvalue weighted by Gasteiger charge is 2.37. The van der Waals surface area contributed by atoms with E-state index in [4.69, 9.17) is 4.74 Å². The number of ether oxygens (including phenoxy) is 1. The fourth-order valence-electron chi connectivity index (χ4n) is 2.01. The summed E-state index contributed by atoms with van der Waals surface area (Å²) in [6, 6.07) is 0. The van der Waals surface area contributed by atoms with Crippen molar-refractivity contribution in [1.82, 2.24) is 0 Å². The summed E-state index contributed by atoms with van der Waals surface area (Å²) in [5.74, 6) is 0.175. The van der Waals surface area contributed by atoms with Crippen LogP contribution < -0.4 is 0 Å².